The van der Waals surface area contributed by atoms with Gasteiger partial charge in [-0.05, 0) is 13.3 Å². The minimum Gasteiger partial charge on any atom is -0.325 e. The number of guanidine groups is 1. The molecule has 7 heteroatoms. The number of aryl methyl sites for hydroxylation is 1. The van der Waals surface area contributed by atoms with Crippen molar-refractivity contribution >= 4 is 5.96 Å². The molecule has 106 valence electrons. The summed E-state index contributed by atoms with van der Waals surface area (Å²) in [5, 5.41) is 11.4. The maximum atomic E-state index is 8.80. The van der Waals surface area contributed by atoms with E-state index in [1.54, 1.807) is 0 Å². The first-order valence-electron chi connectivity index (χ1n) is 6.67. The predicted molar refractivity (Wildman–Crippen MR) is 75.2 cm³/mol. The zero-order valence-corrected chi connectivity index (χ0v) is 11.9. The molecule has 20 heavy (non-hydrogen) atoms. The standard InChI is InChI=1S/C13H19N7/c1-3-4-19-9-18-13(17-8-14)20(10-19)7-12-5-15-11(2)16-6-12/h5-6H,3-4,7,9-10H2,1-2H3,(H,17,18). The van der Waals surface area contributed by atoms with Crippen molar-refractivity contribution in [2.75, 3.05) is 19.9 Å². The Bertz CT molecular complexity index is 502. The van der Waals surface area contributed by atoms with E-state index >= 15 is 0 Å². The van der Waals surface area contributed by atoms with Gasteiger partial charge in [-0.2, -0.15) is 5.26 Å². The molecule has 0 bridgehead atoms. The number of hydrogen-bond acceptors (Lipinski definition) is 7. The third-order valence-corrected chi connectivity index (χ3v) is 3.01. The van der Waals surface area contributed by atoms with Crippen LogP contribution in [0, 0.1) is 18.4 Å². The van der Waals surface area contributed by atoms with Crippen molar-refractivity contribution in [3.8, 4) is 6.19 Å². The number of nitriles is 1. The van der Waals surface area contributed by atoms with Gasteiger partial charge in [0.25, 0.3) is 0 Å². The van der Waals surface area contributed by atoms with Crippen LogP contribution >= 0.6 is 0 Å². The Kier molecular flexibility index (Phi) is 4.85. The molecule has 1 aromatic heterocycles. The third kappa shape index (κ3) is 3.65. The van der Waals surface area contributed by atoms with Gasteiger partial charge in [-0.3, -0.25) is 10.2 Å². The van der Waals surface area contributed by atoms with Crippen molar-refractivity contribution in [3.63, 3.8) is 0 Å². The first-order valence-corrected chi connectivity index (χ1v) is 6.67. The number of rotatable bonds is 4. The monoisotopic (exact) mass is 273 g/mol. The fourth-order valence-corrected chi connectivity index (χ4v) is 2.09. The molecule has 0 unspecified atom stereocenters. The van der Waals surface area contributed by atoms with E-state index in [2.05, 4.69) is 32.1 Å². The average Bonchev–Trinajstić information content (AvgIpc) is 2.45. The van der Waals surface area contributed by atoms with E-state index in [0.29, 0.717) is 19.2 Å². The highest BCUT2D eigenvalue weighted by molar-refractivity contribution is 5.81. The molecule has 0 saturated carbocycles. The second kappa shape index (κ2) is 6.82. The van der Waals surface area contributed by atoms with E-state index in [1.807, 2.05) is 30.4 Å². The highest BCUT2D eigenvalue weighted by Gasteiger charge is 2.20. The summed E-state index contributed by atoms with van der Waals surface area (Å²) < 4.78 is 0. The zero-order chi connectivity index (χ0) is 14.4. The lowest BCUT2D eigenvalue weighted by molar-refractivity contribution is 0.164. The number of nitrogens with zero attached hydrogens (tertiary/aromatic N) is 6. The molecule has 2 rings (SSSR count). The predicted octanol–water partition coefficient (Wildman–Crippen LogP) is 0.654. The van der Waals surface area contributed by atoms with Crippen LogP contribution in [0.1, 0.15) is 24.7 Å². The van der Waals surface area contributed by atoms with Crippen LogP contribution in [0.3, 0.4) is 0 Å². The molecule has 0 atom stereocenters. The van der Waals surface area contributed by atoms with Crippen molar-refractivity contribution in [1.82, 2.24) is 25.1 Å². The molecule has 0 amide bonds. The lowest BCUT2D eigenvalue weighted by Crippen LogP contribution is -2.50. The van der Waals surface area contributed by atoms with Crippen molar-refractivity contribution in [2.45, 2.75) is 26.8 Å². The van der Waals surface area contributed by atoms with Crippen LogP contribution < -0.4 is 5.32 Å². The van der Waals surface area contributed by atoms with Crippen LogP contribution in [-0.2, 0) is 6.54 Å². The maximum Gasteiger partial charge on any atom is 0.210 e. The number of aromatic nitrogens is 2. The molecule has 0 aromatic carbocycles. The molecule has 2 heterocycles. The summed E-state index contributed by atoms with van der Waals surface area (Å²) in [6.45, 7) is 6.99. The molecule has 0 fully saturated rings. The van der Waals surface area contributed by atoms with E-state index in [1.165, 1.54) is 0 Å². The summed E-state index contributed by atoms with van der Waals surface area (Å²) in [4.78, 5) is 17.1. The van der Waals surface area contributed by atoms with E-state index in [4.69, 9.17) is 5.26 Å². The van der Waals surface area contributed by atoms with Gasteiger partial charge in [0.15, 0.2) is 6.19 Å². The van der Waals surface area contributed by atoms with Gasteiger partial charge in [-0.15, -0.1) is 0 Å². The topological polar surface area (TPSA) is 80.4 Å². The molecular weight excluding hydrogens is 254 g/mol. The second-order valence-corrected chi connectivity index (χ2v) is 4.73. The Labute approximate surface area is 119 Å². The normalized spacial score (nSPS) is 15.7. The van der Waals surface area contributed by atoms with Gasteiger partial charge in [-0.25, -0.2) is 15.0 Å². The van der Waals surface area contributed by atoms with E-state index in [-0.39, 0.29) is 0 Å². The summed E-state index contributed by atoms with van der Waals surface area (Å²) >= 11 is 0. The van der Waals surface area contributed by atoms with Gasteiger partial charge in [-0.1, -0.05) is 6.92 Å². The lowest BCUT2D eigenvalue weighted by atomic mass is 10.3. The van der Waals surface area contributed by atoms with E-state index in [9.17, 15) is 0 Å². The van der Waals surface area contributed by atoms with Crippen molar-refractivity contribution < 1.29 is 0 Å². The molecular formula is C13H19N7. The van der Waals surface area contributed by atoms with Crippen LogP contribution in [0.25, 0.3) is 0 Å². The lowest BCUT2D eigenvalue weighted by Gasteiger charge is -2.35. The summed E-state index contributed by atoms with van der Waals surface area (Å²) in [7, 11) is 0. The van der Waals surface area contributed by atoms with Crippen LogP contribution in [0.15, 0.2) is 17.4 Å². The first-order chi connectivity index (χ1) is 9.72. The first kappa shape index (κ1) is 14.2. The quantitative estimate of drug-likeness (QED) is 0.641. The molecule has 7 nitrogen and oxygen atoms in total. The summed E-state index contributed by atoms with van der Waals surface area (Å²) in [6, 6.07) is 0. The van der Waals surface area contributed by atoms with Gasteiger partial charge in [0.2, 0.25) is 5.96 Å². The average molecular weight is 273 g/mol. The number of hydrogen-bond donors (Lipinski definition) is 1. The van der Waals surface area contributed by atoms with E-state index in [0.717, 1.165) is 31.0 Å². The largest absolute Gasteiger partial charge is 0.325 e. The Morgan fingerprint density at radius 3 is 2.80 bits per heavy atom. The van der Waals surface area contributed by atoms with Crippen molar-refractivity contribution in [2.24, 2.45) is 4.99 Å². The molecule has 1 aliphatic heterocycles. The zero-order valence-electron chi connectivity index (χ0n) is 11.9. The summed E-state index contributed by atoms with van der Waals surface area (Å²) in [5.74, 6) is 1.37. The smallest absolute Gasteiger partial charge is 0.210 e. The van der Waals surface area contributed by atoms with Crippen LogP contribution in [0.2, 0.25) is 0 Å². The fourth-order valence-electron chi connectivity index (χ4n) is 2.09. The SMILES string of the molecule is CCCN1CN=C(NC#N)N(Cc2cnc(C)nc2)C1. The van der Waals surface area contributed by atoms with E-state index < -0.39 is 0 Å². The molecule has 1 aliphatic rings. The second-order valence-electron chi connectivity index (χ2n) is 4.73. The summed E-state index contributed by atoms with van der Waals surface area (Å²) in [6.07, 6.45) is 6.64. The van der Waals surface area contributed by atoms with Gasteiger partial charge in [0.05, 0.1) is 19.9 Å². The minimum atomic E-state index is 0.612. The van der Waals surface area contributed by atoms with Crippen LogP contribution in [-0.4, -0.2) is 45.6 Å². The molecule has 0 saturated heterocycles. The van der Waals surface area contributed by atoms with Gasteiger partial charge >= 0.3 is 0 Å². The van der Waals surface area contributed by atoms with Crippen LogP contribution in [0.4, 0.5) is 0 Å². The van der Waals surface area contributed by atoms with Gasteiger partial charge in [0, 0.05) is 24.5 Å². The Hall–Kier alpha value is -2.20. The van der Waals surface area contributed by atoms with Gasteiger partial charge in [0.1, 0.15) is 5.82 Å². The third-order valence-electron chi connectivity index (χ3n) is 3.01. The van der Waals surface area contributed by atoms with Crippen LogP contribution in [0.5, 0.6) is 0 Å². The highest BCUT2D eigenvalue weighted by atomic mass is 15.4. The molecule has 0 aliphatic carbocycles. The molecule has 1 aromatic rings. The maximum absolute atomic E-state index is 8.80. The number of aliphatic imine (C=N–C) groups is 1. The minimum absolute atomic E-state index is 0.612. The Morgan fingerprint density at radius 2 is 2.15 bits per heavy atom. The summed E-state index contributed by atoms with van der Waals surface area (Å²) in [5.41, 5.74) is 1.00. The van der Waals surface area contributed by atoms with Crippen molar-refractivity contribution in [3.05, 3.63) is 23.8 Å². The van der Waals surface area contributed by atoms with Gasteiger partial charge < -0.3 is 4.90 Å². The Morgan fingerprint density at radius 1 is 1.40 bits per heavy atom. The Balaban J connectivity index is 2.09. The molecule has 0 radical (unpaired) electrons. The van der Waals surface area contributed by atoms with Crippen molar-refractivity contribution in [1.29, 1.82) is 5.26 Å². The number of nitrogens with one attached hydrogen (secondary N) is 1. The fraction of sp³-hybridized carbons (Fsp3) is 0.538. The molecule has 0 spiro atoms. The highest BCUT2D eigenvalue weighted by Crippen LogP contribution is 2.09. The molecule has 1 N–H and O–H groups in total.